The average molecular weight is 526 g/mol. The summed E-state index contributed by atoms with van der Waals surface area (Å²) in [6, 6.07) is 16.6. The molecule has 0 atom stereocenters. The predicted octanol–water partition coefficient (Wildman–Crippen LogP) is 3.97. The molecule has 1 aliphatic rings. The fraction of sp³-hybridized carbons (Fsp3) is 0.276. The summed E-state index contributed by atoms with van der Waals surface area (Å²) in [5.41, 5.74) is 2.19. The standard InChI is InChI=1S/C29H28FN7O2/c1-35(2)26(38)18-37-17-22(15-33-37)34-28(39)24-16-32-25-9-8-21(30)14-23(25)27(24)36-12-10-29(19-31,11-13-36)20-6-4-3-5-7-20/h3-9,14-17H,10-13,18H2,1-2H3,(H,34,39). The smallest absolute Gasteiger partial charge is 0.259 e. The van der Waals surface area contributed by atoms with Gasteiger partial charge in [-0.05, 0) is 36.6 Å². The number of likely N-dealkylation sites (N-methyl/N-ethyl adjacent to an activating group) is 1. The van der Waals surface area contributed by atoms with Gasteiger partial charge in [-0.15, -0.1) is 0 Å². The van der Waals surface area contributed by atoms with Gasteiger partial charge < -0.3 is 15.1 Å². The summed E-state index contributed by atoms with van der Waals surface area (Å²) in [6.45, 7) is 1.05. The number of nitrogens with one attached hydrogen (secondary N) is 1. The number of carbonyl (C=O) groups is 2. The van der Waals surface area contributed by atoms with Crippen LogP contribution < -0.4 is 10.2 Å². The molecular weight excluding hydrogens is 497 g/mol. The number of aromatic nitrogens is 3. The van der Waals surface area contributed by atoms with Gasteiger partial charge in [-0.1, -0.05) is 30.3 Å². The van der Waals surface area contributed by atoms with E-state index in [2.05, 4.69) is 21.5 Å². The van der Waals surface area contributed by atoms with Crippen LogP contribution in [0.1, 0.15) is 28.8 Å². The van der Waals surface area contributed by atoms with Gasteiger partial charge in [-0.3, -0.25) is 19.3 Å². The Hall–Kier alpha value is -4.78. The molecule has 3 heterocycles. The number of benzene rings is 2. The number of hydrogen-bond acceptors (Lipinski definition) is 6. The van der Waals surface area contributed by atoms with Gasteiger partial charge in [0.15, 0.2) is 0 Å². The Kier molecular flexibility index (Phi) is 6.98. The number of rotatable bonds is 6. The first-order valence-corrected chi connectivity index (χ1v) is 12.6. The second-order valence-corrected chi connectivity index (χ2v) is 9.90. The minimum Gasteiger partial charge on any atom is -0.370 e. The molecular formula is C29H28FN7O2. The van der Waals surface area contributed by atoms with Gasteiger partial charge >= 0.3 is 0 Å². The van der Waals surface area contributed by atoms with Crippen molar-refractivity contribution in [1.82, 2.24) is 19.7 Å². The second kappa shape index (κ2) is 10.5. The van der Waals surface area contributed by atoms with Crippen LogP contribution >= 0.6 is 0 Å². The highest BCUT2D eigenvalue weighted by atomic mass is 19.1. The Morgan fingerprint density at radius 2 is 1.87 bits per heavy atom. The minimum absolute atomic E-state index is 0.0424. The molecule has 2 aromatic heterocycles. The molecule has 4 aromatic rings. The number of fused-ring (bicyclic) bond motifs is 1. The van der Waals surface area contributed by atoms with Crippen molar-refractivity contribution in [3.63, 3.8) is 0 Å². The first-order valence-electron chi connectivity index (χ1n) is 12.6. The zero-order valence-electron chi connectivity index (χ0n) is 21.8. The number of halogens is 1. The van der Waals surface area contributed by atoms with Crippen LogP contribution in [0, 0.1) is 17.1 Å². The molecule has 0 radical (unpaired) electrons. The van der Waals surface area contributed by atoms with Gasteiger partial charge in [0, 0.05) is 45.0 Å². The molecule has 0 bridgehead atoms. The normalized spacial score (nSPS) is 14.6. The first kappa shape index (κ1) is 25.9. The molecule has 9 nitrogen and oxygen atoms in total. The van der Waals surface area contributed by atoms with Crippen molar-refractivity contribution < 1.29 is 14.0 Å². The molecule has 0 spiro atoms. The maximum absolute atomic E-state index is 14.4. The molecule has 1 N–H and O–H groups in total. The lowest BCUT2D eigenvalue weighted by atomic mass is 9.74. The fourth-order valence-corrected chi connectivity index (χ4v) is 4.98. The van der Waals surface area contributed by atoms with Gasteiger partial charge in [0.1, 0.15) is 12.4 Å². The van der Waals surface area contributed by atoms with E-state index < -0.39 is 17.1 Å². The highest BCUT2D eigenvalue weighted by Crippen LogP contribution is 2.39. The average Bonchev–Trinajstić information content (AvgIpc) is 3.39. The molecule has 10 heteroatoms. The van der Waals surface area contributed by atoms with Crippen LogP contribution in [0.15, 0.2) is 67.1 Å². The molecule has 198 valence electrons. The topological polar surface area (TPSA) is 107 Å². The van der Waals surface area contributed by atoms with E-state index in [0.29, 0.717) is 48.2 Å². The van der Waals surface area contributed by atoms with E-state index in [1.165, 1.54) is 34.1 Å². The van der Waals surface area contributed by atoms with E-state index in [1.807, 2.05) is 35.2 Å². The van der Waals surface area contributed by atoms with Gasteiger partial charge in [-0.2, -0.15) is 10.4 Å². The number of amides is 2. The first-order chi connectivity index (χ1) is 18.8. The Labute approximate surface area is 225 Å². The predicted molar refractivity (Wildman–Crippen MR) is 146 cm³/mol. The van der Waals surface area contributed by atoms with Crippen LogP contribution in [0.2, 0.25) is 0 Å². The highest BCUT2D eigenvalue weighted by molar-refractivity contribution is 6.12. The Balaban J connectivity index is 1.45. The summed E-state index contributed by atoms with van der Waals surface area (Å²) in [5, 5.41) is 17.7. The van der Waals surface area contributed by atoms with E-state index in [0.717, 1.165) is 5.56 Å². The lowest BCUT2D eigenvalue weighted by molar-refractivity contribution is -0.129. The van der Waals surface area contributed by atoms with Gasteiger partial charge in [0.2, 0.25) is 5.91 Å². The van der Waals surface area contributed by atoms with Crippen molar-refractivity contribution in [1.29, 1.82) is 5.26 Å². The van der Waals surface area contributed by atoms with Crippen molar-refractivity contribution in [2.24, 2.45) is 0 Å². The van der Waals surface area contributed by atoms with E-state index in [1.54, 1.807) is 26.4 Å². The van der Waals surface area contributed by atoms with Crippen LogP contribution in [0.25, 0.3) is 10.9 Å². The summed E-state index contributed by atoms with van der Waals surface area (Å²) < 4.78 is 15.8. The second-order valence-electron chi connectivity index (χ2n) is 9.90. The number of nitriles is 1. The molecule has 0 aliphatic carbocycles. The molecule has 0 unspecified atom stereocenters. The molecule has 2 amide bonds. The monoisotopic (exact) mass is 525 g/mol. The maximum Gasteiger partial charge on any atom is 0.259 e. The quantitative estimate of drug-likeness (QED) is 0.408. The van der Waals surface area contributed by atoms with Crippen molar-refractivity contribution in [3.05, 3.63) is 84.1 Å². The van der Waals surface area contributed by atoms with Crippen LogP contribution in [-0.2, 0) is 16.8 Å². The van der Waals surface area contributed by atoms with E-state index in [9.17, 15) is 19.2 Å². The molecule has 39 heavy (non-hydrogen) atoms. The molecule has 5 rings (SSSR count). The number of nitrogens with zero attached hydrogens (tertiary/aromatic N) is 6. The van der Waals surface area contributed by atoms with E-state index in [4.69, 9.17) is 0 Å². The summed E-state index contributed by atoms with van der Waals surface area (Å²) >= 11 is 0. The number of pyridine rings is 1. The zero-order chi connectivity index (χ0) is 27.6. The third-order valence-corrected chi connectivity index (χ3v) is 7.21. The van der Waals surface area contributed by atoms with Crippen LogP contribution in [0.4, 0.5) is 15.8 Å². The summed E-state index contributed by atoms with van der Waals surface area (Å²) in [4.78, 5) is 33.4. The van der Waals surface area contributed by atoms with Gasteiger partial charge in [-0.25, -0.2) is 4.39 Å². The van der Waals surface area contributed by atoms with Crippen LogP contribution in [0.5, 0.6) is 0 Å². The summed E-state index contributed by atoms with van der Waals surface area (Å²) in [7, 11) is 3.32. The fourth-order valence-electron chi connectivity index (χ4n) is 4.98. The van der Waals surface area contributed by atoms with E-state index in [-0.39, 0.29) is 18.0 Å². The third-order valence-electron chi connectivity index (χ3n) is 7.21. The molecule has 1 fully saturated rings. The number of anilines is 2. The molecule has 1 saturated heterocycles. The molecule has 2 aromatic carbocycles. The largest absolute Gasteiger partial charge is 0.370 e. The lowest BCUT2D eigenvalue weighted by Gasteiger charge is -2.39. The van der Waals surface area contributed by atoms with Crippen molar-refractivity contribution in [2.75, 3.05) is 37.4 Å². The molecule has 0 saturated carbocycles. The molecule has 1 aliphatic heterocycles. The van der Waals surface area contributed by atoms with Crippen LogP contribution in [-0.4, -0.2) is 58.7 Å². The van der Waals surface area contributed by atoms with Gasteiger partial charge in [0.25, 0.3) is 5.91 Å². The number of piperidine rings is 1. The Bertz CT molecular complexity index is 1570. The van der Waals surface area contributed by atoms with Crippen LogP contribution in [0.3, 0.4) is 0 Å². The highest BCUT2D eigenvalue weighted by Gasteiger charge is 2.37. The Morgan fingerprint density at radius 3 is 2.56 bits per heavy atom. The van der Waals surface area contributed by atoms with E-state index >= 15 is 0 Å². The SMILES string of the molecule is CN(C)C(=O)Cn1cc(NC(=O)c2cnc3ccc(F)cc3c2N2CCC(C#N)(c3ccccc3)CC2)cn1. The summed E-state index contributed by atoms with van der Waals surface area (Å²) in [6.07, 6.45) is 5.65. The number of hydrogen-bond donors (Lipinski definition) is 1. The van der Waals surface area contributed by atoms with Gasteiger partial charge in [0.05, 0.1) is 40.1 Å². The van der Waals surface area contributed by atoms with Crippen molar-refractivity contribution in [2.45, 2.75) is 24.8 Å². The third kappa shape index (κ3) is 5.16. The summed E-state index contributed by atoms with van der Waals surface area (Å²) in [5.74, 6) is -0.988. The minimum atomic E-state index is -0.632. The maximum atomic E-state index is 14.4. The zero-order valence-corrected chi connectivity index (χ0v) is 21.8. The van der Waals surface area contributed by atoms with Crippen molar-refractivity contribution in [3.8, 4) is 6.07 Å². The lowest BCUT2D eigenvalue weighted by Crippen LogP contribution is -2.42. The Morgan fingerprint density at radius 1 is 1.13 bits per heavy atom. The van der Waals surface area contributed by atoms with Crippen molar-refractivity contribution >= 4 is 34.1 Å². The number of carbonyl (C=O) groups excluding carboxylic acids is 2.